The Morgan fingerprint density at radius 1 is 0.756 bits per heavy atom. The molecule has 1 aromatic carbocycles. The predicted molar refractivity (Wildman–Crippen MR) is 169 cm³/mol. The number of hydrogen-bond donors (Lipinski definition) is 2. The third-order valence-electron chi connectivity index (χ3n) is 6.80. The van der Waals surface area contributed by atoms with Gasteiger partial charge in [0, 0.05) is 87.5 Å². The van der Waals surface area contributed by atoms with Crippen LogP contribution in [0.25, 0.3) is 0 Å². The van der Waals surface area contributed by atoms with Gasteiger partial charge in [-0.25, -0.2) is 4.89 Å². The minimum Gasteiger partial charge on any atom is -0.396 e. The van der Waals surface area contributed by atoms with Crippen molar-refractivity contribution in [2.75, 3.05) is 46.8 Å². The maximum Gasteiger partial charge on any atom is 0.500 e. The fourth-order valence-corrected chi connectivity index (χ4v) is 7.53. The number of ether oxygens (including phenoxy) is 1. The fourth-order valence-electron chi connectivity index (χ4n) is 4.75. The van der Waals surface area contributed by atoms with Crippen molar-refractivity contribution >= 4 is 8.80 Å². The first kappa shape index (κ1) is 45.9. The van der Waals surface area contributed by atoms with Gasteiger partial charge in [0.1, 0.15) is 0 Å². The molecule has 0 bridgehead atoms. The normalized spacial score (nSPS) is 13.1. The Morgan fingerprint density at radius 3 is 1.71 bits per heavy atom. The summed E-state index contributed by atoms with van der Waals surface area (Å²) < 4.78 is 22.3. The average molecular weight is 730 g/mol. The number of rotatable bonds is 22. The summed E-state index contributed by atoms with van der Waals surface area (Å²) in [5, 5.41) is 17.2. The first-order valence-corrected chi connectivity index (χ1v) is 17.7. The van der Waals surface area contributed by atoms with Crippen LogP contribution in [0.5, 0.6) is 0 Å². The van der Waals surface area contributed by atoms with Crippen LogP contribution in [-0.4, -0.2) is 65.9 Å². The van der Waals surface area contributed by atoms with Gasteiger partial charge >= 0.3 is 8.80 Å². The summed E-state index contributed by atoms with van der Waals surface area (Å²) in [7, 11) is -0.611. The first-order chi connectivity index (χ1) is 19.4. The number of benzene rings is 1. The summed E-state index contributed by atoms with van der Waals surface area (Å²) in [5.41, 5.74) is 1.30. The molecule has 3 atom stereocenters. The third kappa shape index (κ3) is 23.6. The molecule has 0 saturated carbocycles. The fraction of sp³-hybridized carbons (Fsp3) is 0.812. The van der Waals surface area contributed by atoms with Crippen molar-refractivity contribution in [3.05, 3.63) is 35.9 Å². The van der Waals surface area contributed by atoms with E-state index in [9.17, 15) is 0 Å². The molecule has 41 heavy (non-hydrogen) atoms. The van der Waals surface area contributed by atoms with Gasteiger partial charge in [0.25, 0.3) is 0 Å². The van der Waals surface area contributed by atoms with Crippen molar-refractivity contribution in [1.82, 2.24) is 0 Å². The Kier molecular flexibility index (Phi) is 37.4. The average Bonchev–Trinajstić information content (AvgIpc) is 2.96. The largest absolute Gasteiger partial charge is 0.500 e. The van der Waals surface area contributed by atoms with E-state index in [1.807, 2.05) is 26.8 Å². The molecular formula is C32H64O7PrSi. The van der Waals surface area contributed by atoms with Gasteiger partial charge in [0.05, 0.1) is 6.61 Å². The maximum atomic E-state index is 8.80. The minimum absolute atomic E-state index is 0. The van der Waals surface area contributed by atoms with Gasteiger partial charge in [-0.2, -0.15) is 0 Å². The zero-order valence-electron chi connectivity index (χ0n) is 27.7. The van der Waals surface area contributed by atoms with Crippen LogP contribution in [0.4, 0.5) is 0 Å². The molecule has 0 fully saturated rings. The Morgan fingerprint density at radius 2 is 1.29 bits per heavy atom. The Balaban J connectivity index is -0.000000561. The molecule has 0 aromatic heterocycles. The Hall–Kier alpha value is 0.521. The second-order valence-electron chi connectivity index (χ2n) is 10.0. The van der Waals surface area contributed by atoms with Gasteiger partial charge in [-0.15, -0.1) is 0 Å². The van der Waals surface area contributed by atoms with Gasteiger partial charge in [-0.05, 0) is 63.4 Å². The summed E-state index contributed by atoms with van der Waals surface area (Å²) >= 11 is 0. The number of aliphatic hydroxyl groups is 1. The van der Waals surface area contributed by atoms with Gasteiger partial charge in [0.2, 0.25) is 0 Å². The van der Waals surface area contributed by atoms with Crippen LogP contribution in [0.1, 0.15) is 111 Å². The number of aliphatic hydroxyl groups excluding tert-OH is 1. The number of hydrogen-bond acceptors (Lipinski definition) is 7. The van der Waals surface area contributed by atoms with Crippen molar-refractivity contribution < 1.29 is 74.6 Å². The van der Waals surface area contributed by atoms with Gasteiger partial charge < -0.3 is 23.1 Å². The van der Waals surface area contributed by atoms with Gasteiger partial charge in [-0.3, -0.25) is 5.26 Å². The molecule has 0 aliphatic carbocycles. The Labute approximate surface area is 287 Å². The molecule has 1 rings (SSSR count). The van der Waals surface area contributed by atoms with E-state index >= 15 is 0 Å². The molecule has 0 spiro atoms. The second-order valence-corrected chi connectivity index (χ2v) is 12.8. The monoisotopic (exact) mass is 729 g/mol. The molecule has 3 unspecified atom stereocenters. The summed E-state index contributed by atoms with van der Waals surface area (Å²) in [6, 6.07) is 11.3. The van der Waals surface area contributed by atoms with Crippen molar-refractivity contribution in [3.8, 4) is 0 Å². The van der Waals surface area contributed by atoms with Crippen LogP contribution in [0.3, 0.4) is 0 Å². The zero-order chi connectivity index (χ0) is 30.5. The molecule has 9 heteroatoms. The van der Waals surface area contributed by atoms with Crippen molar-refractivity contribution in [1.29, 1.82) is 0 Å². The van der Waals surface area contributed by atoms with Gasteiger partial charge in [0.15, 0.2) is 0 Å². The molecule has 0 aliphatic rings. The Bertz CT molecular complexity index is 604. The smallest absolute Gasteiger partial charge is 0.396 e. The minimum atomic E-state index is -2.32. The summed E-state index contributed by atoms with van der Waals surface area (Å²) in [6.45, 7) is 18.1. The van der Waals surface area contributed by atoms with E-state index in [0.717, 1.165) is 31.7 Å². The SMILES string of the molecule is CCC(c1ccccc1)C(COO)C(C)COC.CCCCCCCO.CCCC[Si](OCC)(OCC)OCC.[Pr]. The summed E-state index contributed by atoms with van der Waals surface area (Å²) in [5.74, 6) is 0.971. The van der Waals surface area contributed by atoms with Crippen molar-refractivity contribution in [3.63, 3.8) is 0 Å². The van der Waals surface area contributed by atoms with Crippen LogP contribution < -0.4 is 0 Å². The zero-order valence-corrected chi connectivity index (χ0v) is 32.4. The molecule has 241 valence electrons. The van der Waals surface area contributed by atoms with E-state index in [1.54, 1.807) is 7.11 Å². The van der Waals surface area contributed by atoms with Crippen LogP contribution in [0.15, 0.2) is 30.3 Å². The third-order valence-corrected chi connectivity index (χ3v) is 9.95. The van der Waals surface area contributed by atoms with Crippen LogP contribution in [-0.2, 0) is 22.9 Å². The maximum absolute atomic E-state index is 8.80. The van der Waals surface area contributed by atoms with E-state index in [-0.39, 0.29) is 47.2 Å². The predicted octanol–water partition coefficient (Wildman–Crippen LogP) is 8.35. The van der Waals surface area contributed by atoms with Crippen LogP contribution in [0, 0.1) is 53.1 Å². The van der Waals surface area contributed by atoms with E-state index in [1.165, 1.54) is 31.2 Å². The van der Waals surface area contributed by atoms with E-state index in [0.29, 0.717) is 51.5 Å². The molecule has 0 saturated heterocycles. The van der Waals surface area contributed by atoms with Crippen molar-refractivity contribution in [2.24, 2.45) is 11.8 Å². The molecular weight excluding hydrogens is 665 g/mol. The molecule has 0 heterocycles. The first-order valence-electron chi connectivity index (χ1n) is 15.7. The molecule has 1 radical (unpaired) electrons. The molecule has 7 nitrogen and oxygen atoms in total. The number of methoxy groups -OCH3 is 1. The molecule has 0 amide bonds. The molecule has 2 N–H and O–H groups in total. The quantitative estimate of drug-likeness (QED) is 0.0537. The van der Waals surface area contributed by atoms with E-state index < -0.39 is 8.80 Å². The summed E-state index contributed by atoms with van der Waals surface area (Å²) in [4.78, 5) is 4.42. The van der Waals surface area contributed by atoms with Crippen LogP contribution >= 0.6 is 0 Å². The number of unbranched alkanes of at least 4 members (excludes halogenated alkanes) is 5. The van der Waals surface area contributed by atoms with Crippen LogP contribution in [0.2, 0.25) is 6.04 Å². The van der Waals surface area contributed by atoms with Crippen molar-refractivity contribution in [2.45, 2.75) is 112 Å². The van der Waals surface area contributed by atoms with Gasteiger partial charge in [-0.1, -0.05) is 90.1 Å². The van der Waals surface area contributed by atoms with E-state index in [4.69, 9.17) is 28.4 Å². The van der Waals surface area contributed by atoms with E-state index in [2.05, 4.69) is 56.8 Å². The standard InChI is InChI=1S/C15H24O3.C10H24O3Si.C7H16O.Pr/c1-4-14(13-8-6-5-7-9-13)15(11-18-16)12(2)10-17-3;1-5-9-10-14(11-6-2,12-7-3)13-8-4;1-2-3-4-5-6-7-8;/h5-9,12,14-16H,4,10-11H2,1-3H3;5-10H2,1-4H3;8H,2-7H2,1H3;. The molecule has 1 aromatic rings. The topological polar surface area (TPSA) is 86.6 Å². The summed E-state index contributed by atoms with van der Waals surface area (Å²) in [6.07, 6.45) is 9.37. The second kappa shape index (κ2) is 33.4. The molecule has 0 aliphatic heterocycles.